The Kier molecular flexibility index (Phi) is 7.35. The molecule has 98 valence electrons. The topological polar surface area (TPSA) is 0 Å². The van der Waals surface area contributed by atoms with Crippen molar-refractivity contribution in [2.24, 2.45) is 23.2 Å². The van der Waals surface area contributed by atoms with Gasteiger partial charge in [0, 0.05) is 0 Å². The van der Waals surface area contributed by atoms with Crippen molar-refractivity contribution < 1.29 is 0 Å². The Morgan fingerprint density at radius 2 is 1.31 bits per heavy atom. The number of hydrogen-bond acceptors (Lipinski definition) is 0. The van der Waals surface area contributed by atoms with E-state index in [9.17, 15) is 0 Å². The smallest absolute Gasteiger partial charge is 0.0357 e. The van der Waals surface area contributed by atoms with Crippen molar-refractivity contribution in [2.75, 3.05) is 0 Å². The van der Waals surface area contributed by atoms with Gasteiger partial charge in [0.15, 0.2) is 0 Å². The minimum absolute atomic E-state index is 0.487. The zero-order chi connectivity index (χ0) is 12.8. The van der Waals surface area contributed by atoms with Gasteiger partial charge in [-0.2, -0.15) is 0 Å². The molecule has 0 radical (unpaired) electrons. The molecule has 2 atom stereocenters. The van der Waals surface area contributed by atoms with E-state index in [0.29, 0.717) is 5.41 Å². The van der Waals surface area contributed by atoms with Crippen molar-refractivity contribution in [3.05, 3.63) is 0 Å². The van der Waals surface area contributed by atoms with Gasteiger partial charge in [0.25, 0.3) is 0 Å². The fourth-order valence-corrected chi connectivity index (χ4v) is 1.97. The minimum atomic E-state index is 0.487. The Labute approximate surface area is 104 Å². The summed E-state index contributed by atoms with van der Waals surface area (Å²) in [4.78, 5) is 0. The Hall–Kier alpha value is 0. The highest BCUT2D eigenvalue weighted by Gasteiger charge is 2.19. The van der Waals surface area contributed by atoms with Crippen LogP contribution < -0.4 is 0 Å². The predicted octanol–water partition coefficient (Wildman–Crippen LogP) is 5.91. The summed E-state index contributed by atoms with van der Waals surface area (Å²) >= 11 is 0. The summed E-state index contributed by atoms with van der Waals surface area (Å²) in [5.74, 6) is 2.65. The molecule has 0 bridgehead atoms. The van der Waals surface area contributed by atoms with Gasteiger partial charge in [0.1, 0.15) is 0 Å². The fraction of sp³-hybridized carbons (Fsp3) is 1.00. The van der Waals surface area contributed by atoms with Gasteiger partial charge in [-0.15, -0.1) is 0 Å². The highest BCUT2D eigenvalue weighted by Crippen LogP contribution is 2.30. The van der Waals surface area contributed by atoms with E-state index >= 15 is 0 Å². The summed E-state index contributed by atoms with van der Waals surface area (Å²) < 4.78 is 0. The Morgan fingerprint density at radius 1 is 0.750 bits per heavy atom. The molecule has 0 aromatic rings. The van der Waals surface area contributed by atoms with Crippen LogP contribution in [0.15, 0.2) is 0 Å². The molecule has 0 aromatic heterocycles. The molecule has 0 aliphatic heterocycles. The first-order valence-corrected chi connectivity index (χ1v) is 7.23. The van der Waals surface area contributed by atoms with Crippen LogP contribution in [0.2, 0.25) is 0 Å². The van der Waals surface area contributed by atoms with E-state index < -0.39 is 0 Å². The van der Waals surface area contributed by atoms with Gasteiger partial charge in [-0.1, -0.05) is 80.6 Å². The lowest BCUT2D eigenvalue weighted by Crippen LogP contribution is -2.17. The summed E-state index contributed by atoms with van der Waals surface area (Å²) in [6.07, 6.45) is 7.05. The van der Waals surface area contributed by atoms with Crippen LogP contribution in [0.4, 0.5) is 0 Å². The first-order valence-electron chi connectivity index (χ1n) is 7.23. The highest BCUT2D eigenvalue weighted by atomic mass is 14.2. The van der Waals surface area contributed by atoms with Crippen LogP contribution in [0.3, 0.4) is 0 Å². The molecule has 0 heteroatoms. The highest BCUT2D eigenvalue weighted by molar-refractivity contribution is 4.70. The van der Waals surface area contributed by atoms with Gasteiger partial charge < -0.3 is 0 Å². The van der Waals surface area contributed by atoms with Gasteiger partial charge in [-0.3, -0.25) is 0 Å². The molecular weight excluding hydrogens is 192 g/mol. The standard InChI is InChI=1S/C16H34/c1-13(2)11-12-14(3)9-8-10-15(4)16(5,6)7/h13-15H,8-12H2,1-7H3. The molecule has 0 amide bonds. The van der Waals surface area contributed by atoms with Gasteiger partial charge in [0.05, 0.1) is 0 Å². The third-order valence-corrected chi connectivity index (χ3v) is 4.05. The van der Waals surface area contributed by atoms with Crippen LogP contribution in [-0.2, 0) is 0 Å². The SMILES string of the molecule is CC(C)CCC(C)CCCC(C)C(C)(C)C. The molecule has 0 fully saturated rings. The molecular formula is C16H34. The van der Waals surface area contributed by atoms with Crippen molar-refractivity contribution in [1.82, 2.24) is 0 Å². The Bertz CT molecular complexity index is 161. The molecule has 2 unspecified atom stereocenters. The van der Waals surface area contributed by atoms with E-state index in [-0.39, 0.29) is 0 Å². The zero-order valence-electron chi connectivity index (χ0n) is 12.8. The summed E-state index contributed by atoms with van der Waals surface area (Å²) in [5.41, 5.74) is 0.487. The number of hydrogen-bond donors (Lipinski definition) is 0. The van der Waals surface area contributed by atoms with Crippen molar-refractivity contribution in [3.63, 3.8) is 0 Å². The number of rotatable bonds is 7. The van der Waals surface area contributed by atoms with Crippen molar-refractivity contribution >= 4 is 0 Å². The van der Waals surface area contributed by atoms with Crippen molar-refractivity contribution in [1.29, 1.82) is 0 Å². The molecule has 0 nitrogen and oxygen atoms in total. The monoisotopic (exact) mass is 226 g/mol. The average Bonchev–Trinajstić information content (AvgIpc) is 2.13. The zero-order valence-corrected chi connectivity index (χ0v) is 12.8. The van der Waals surface area contributed by atoms with Crippen LogP contribution in [-0.4, -0.2) is 0 Å². The van der Waals surface area contributed by atoms with E-state index in [1.165, 1.54) is 32.1 Å². The van der Waals surface area contributed by atoms with Gasteiger partial charge in [0.2, 0.25) is 0 Å². The minimum Gasteiger partial charge on any atom is -0.0628 e. The van der Waals surface area contributed by atoms with Crippen LogP contribution in [0.25, 0.3) is 0 Å². The van der Waals surface area contributed by atoms with Crippen molar-refractivity contribution in [3.8, 4) is 0 Å². The van der Waals surface area contributed by atoms with Crippen molar-refractivity contribution in [2.45, 2.75) is 80.6 Å². The summed E-state index contributed by atoms with van der Waals surface area (Å²) in [6.45, 7) is 16.6. The fourth-order valence-electron chi connectivity index (χ4n) is 1.97. The summed E-state index contributed by atoms with van der Waals surface area (Å²) in [5, 5.41) is 0. The molecule has 0 aromatic carbocycles. The summed E-state index contributed by atoms with van der Waals surface area (Å²) in [7, 11) is 0. The van der Waals surface area contributed by atoms with Gasteiger partial charge in [-0.25, -0.2) is 0 Å². The maximum atomic E-state index is 2.42. The third kappa shape index (κ3) is 8.19. The quantitative estimate of drug-likeness (QED) is 0.506. The lowest BCUT2D eigenvalue weighted by atomic mass is 9.78. The lowest BCUT2D eigenvalue weighted by molar-refractivity contribution is 0.236. The van der Waals surface area contributed by atoms with Crippen LogP contribution >= 0.6 is 0 Å². The maximum absolute atomic E-state index is 2.42. The second-order valence-corrected chi connectivity index (χ2v) is 7.27. The molecule has 0 aliphatic carbocycles. The molecule has 0 rings (SSSR count). The Morgan fingerprint density at radius 3 is 1.75 bits per heavy atom. The molecule has 0 N–H and O–H groups in total. The second kappa shape index (κ2) is 7.35. The summed E-state index contributed by atoms with van der Waals surface area (Å²) in [6, 6.07) is 0. The first-order chi connectivity index (χ1) is 7.23. The van der Waals surface area contributed by atoms with E-state index in [1.807, 2.05) is 0 Å². The molecule has 0 aliphatic rings. The molecule has 0 saturated carbocycles. The average molecular weight is 226 g/mol. The van der Waals surface area contributed by atoms with E-state index in [1.54, 1.807) is 0 Å². The third-order valence-electron chi connectivity index (χ3n) is 4.05. The van der Waals surface area contributed by atoms with Crippen LogP contribution in [0.5, 0.6) is 0 Å². The maximum Gasteiger partial charge on any atom is -0.0357 e. The van der Waals surface area contributed by atoms with Crippen LogP contribution in [0.1, 0.15) is 80.6 Å². The normalized spacial score (nSPS) is 16.5. The van der Waals surface area contributed by atoms with Gasteiger partial charge >= 0.3 is 0 Å². The molecule has 0 spiro atoms. The van der Waals surface area contributed by atoms with Crippen LogP contribution in [0, 0.1) is 23.2 Å². The Balaban J connectivity index is 3.58. The second-order valence-electron chi connectivity index (χ2n) is 7.27. The lowest BCUT2D eigenvalue weighted by Gasteiger charge is -2.27. The molecule has 16 heavy (non-hydrogen) atoms. The largest absolute Gasteiger partial charge is 0.0628 e. The van der Waals surface area contributed by atoms with Gasteiger partial charge in [-0.05, 0) is 23.2 Å². The predicted molar refractivity (Wildman–Crippen MR) is 75.7 cm³/mol. The molecule has 0 heterocycles. The molecule has 0 saturated heterocycles. The van der Waals surface area contributed by atoms with E-state index in [4.69, 9.17) is 0 Å². The first kappa shape index (κ1) is 16.0. The van der Waals surface area contributed by atoms with E-state index in [0.717, 1.165) is 17.8 Å². The van der Waals surface area contributed by atoms with E-state index in [2.05, 4.69) is 48.5 Å².